The van der Waals surface area contributed by atoms with Crippen molar-refractivity contribution in [1.82, 2.24) is 38.5 Å². The molecule has 16 heteroatoms. The second kappa shape index (κ2) is 10.1. The number of pyridine rings is 1. The fourth-order valence-electron chi connectivity index (χ4n) is 4.96. The molecule has 40 heavy (non-hydrogen) atoms. The van der Waals surface area contributed by atoms with Crippen LogP contribution in [0.3, 0.4) is 0 Å². The lowest BCUT2D eigenvalue weighted by atomic mass is 9.96. The van der Waals surface area contributed by atoms with Gasteiger partial charge in [-0.1, -0.05) is 0 Å². The maximum absolute atomic E-state index is 14.2. The minimum atomic E-state index is -4.38. The number of hydrogen-bond acceptors (Lipinski definition) is 7. The van der Waals surface area contributed by atoms with Crippen LogP contribution < -0.4 is 5.56 Å². The van der Waals surface area contributed by atoms with E-state index in [0.29, 0.717) is 27.7 Å². The molecule has 5 rings (SSSR count). The van der Waals surface area contributed by atoms with Crippen LogP contribution in [0.2, 0.25) is 0 Å². The number of hydrogen-bond donors (Lipinski definition) is 0. The normalized spacial score (nSPS) is 17.6. The van der Waals surface area contributed by atoms with Crippen molar-refractivity contribution < 1.29 is 26.0 Å². The van der Waals surface area contributed by atoms with Crippen LogP contribution in [0.5, 0.6) is 0 Å². The van der Waals surface area contributed by atoms with Crippen molar-refractivity contribution in [2.75, 3.05) is 26.2 Å². The number of aryl methyl sites for hydroxylation is 3. The fraction of sp³-hybridized carbons (Fsp3) is 0.417. The molecule has 0 aliphatic carbocycles. The number of alkyl halides is 3. The lowest BCUT2D eigenvalue weighted by Crippen LogP contribution is -2.51. The molecule has 1 saturated heterocycles. The molecule has 1 aromatic carbocycles. The number of benzene rings is 1. The zero-order valence-electron chi connectivity index (χ0n) is 21.8. The lowest BCUT2D eigenvalue weighted by Gasteiger charge is -2.41. The van der Waals surface area contributed by atoms with Crippen LogP contribution in [-0.2, 0) is 24.1 Å². The van der Waals surface area contributed by atoms with Crippen molar-refractivity contribution in [3.63, 3.8) is 0 Å². The molecule has 3 aromatic heterocycles. The first kappa shape index (κ1) is 27.9. The predicted molar refractivity (Wildman–Crippen MR) is 136 cm³/mol. The zero-order chi connectivity index (χ0) is 29.0. The number of aromatic nitrogens is 6. The Hall–Kier alpha value is -3.63. The molecule has 0 radical (unpaired) electrons. The Kier molecular flexibility index (Phi) is 7.04. The highest BCUT2D eigenvalue weighted by molar-refractivity contribution is 7.89. The number of nitrogens with zero attached hydrogens (tertiary/aromatic N) is 8. The van der Waals surface area contributed by atoms with E-state index in [-0.39, 0.29) is 31.2 Å². The minimum Gasteiger partial charge on any atom is -0.314 e. The summed E-state index contributed by atoms with van der Waals surface area (Å²) in [5, 5.41) is 12.4. The summed E-state index contributed by atoms with van der Waals surface area (Å²) in [6.45, 7) is 1.44. The van der Waals surface area contributed by atoms with E-state index >= 15 is 0 Å². The zero-order valence-corrected chi connectivity index (χ0v) is 22.6. The Morgan fingerprint density at radius 3 is 2.48 bits per heavy atom. The average molecular weight is 583 g/mol. The van der Waals surface area contributed by atoms with Gasteiger partial charge in [0, 0.05) is 64.0 Å². The van der Waals surface area contributed by atoms with Gasteiger partial charge in [0.2, 0.25) is 5.03 Å². The van der Waals surface area contributed by atoms with Gasteiger partial charge in [0.15, 0.2) is 5.82 Å². The van der Waals surface area contributed by atoms with Crippen molar-refractivity contribution in [3.05, 3.63) is 64.1 Å². The van der Waals surface area contributed by atoms with E-state index < -0.39 is 40.0 Å². The Morgan fingerprint density at radius 2 is 1.82 bits per heavy atom. The highest BCUT2D eigenvalue weighted by atomic mass is 32.2. The summed E-state index contributed by atoms with van der Waals surface area (Å²) in [6.07, 6.45) is -1.32. The maximum atomic E-state index is 14.2. The molecule has 0 amide bonds. The Morgan fingerprint density at radius 1 is 1.07 bits per heavy atom. The first-order valence-electron chi connectivity index (χ1n) is 12.3. The van der Waals surface area contributed by atoms with Crippen LogP contribution >= 0.6 is 0 Å². The van der Waals surface area contributed by atoms with Crippen LogP contribution in [-0.4, -0.2) is 79.3 Å². The molecular weight excluding hydrogens is 556 g/mol. The molecule has 1 aliphatic heterocycles. The number of piperazine rings is 1. The summed E-state index contributed by atoms with van der Waals surface area (Å²) in [5.41, 5.74) is 1.43. The largest absolute Gasteiger partial charge is 0.390 e. The molecule has 0 saturated carbocycles. The van der Waals surface area contributed by atoms with E-state index in [9.17, 15) is 30.8 Å². The quantitative estimate of drug-likeness (QED) is 0.321. The Balaban J connectivity index is 1.54. The molecule has 1 unspecified atom stereocenters. The molecule has 1 atom stereocenters. The molecule has 4 aromatic rings. The van der Waals surface area contributed by atoms with E-state index in [1.165, 1.54) is 35.5 Å². The van der Waals surface area contributed by atoms with Gasteiger partial charge in [-0.05, 0) is 30.2 Å². The van der Waals surface area contributed by atoms with Crippen molar-refractivity contribution in [2.24, 2.45) is 14.1 Å². The van der Waals surface area contributed by atoms with Crippen molar-refractivity contribution in [2.45, 2.75) is 30.6 Å². The molecule has 214 valence electrons. The van der Waals surface area contributed by atoms with Gasteiger partial charge in [-0.15, -0.1) is 5.10 Å². The van der Waals surface area contributed by atoms with Crippen LogP contribution in [0.4, 0.5) is 17.6 Å². The summed E-state index contributed by atoms with van der Waals surface area (Å²) < 4.78 is 84.0. The molecule has 1 fully saturated rings. The molecular formula is C24H26F4N8O3S. The van der Waals surface area contributed by atoms with Crippen LogP contribution in [0, 0.1) is 12.7 Å². The summed E-state index contributed by atoms with van der Waals surface area (Å²) in [6, 6.07) is 3.91. The Bertz CT molecular complexity index is 1720. The van der Waals surface area contributed by atoms with Crippen LogP contribution in [0.25, 0.3) is 16.6 Å². The molecule has 0 bridgehead atoms. The first-order valence-corrected chi connectivity index (χ1v) is 13.7. The summed E-state index contributed by atoms with van der Waals surface area (Å²) in [5.74, 6) is -0.941. The number of halogens is 4. The fourth-order valence-corrected chi connectivity index (χ4v) is 6.28. The number of rotatable bonds is 6. The number of sulfonamides is 1. The smallest absolute Gasteiger partial charge is 0.314 e. The van der Waals surface area contributed by atoms with Gasteiger partial charge in [-0.25, -0.2) is 17.5 Å². The number of fused-ring (bicyclic) bond motifs is 1. The third-order valence-electron chi connectivity index (χ3n) is 7.00. The standard InChI is InChI=1S/C24H26F4N8O3S/c1-15-8-20-16(11-30-36(20)17-10-19(25)23(37)32(2)13-17)9-18(15)21-14-35(7-6-34(21)5-4-24(26,27)28)40(38,39)22-12-29-33(3)31-22/h8-13,21H,4-7,14H2,1-3H3. The molecule has 4 heterocycles. The summed E-state index contributed by atoms with van der Waals surface area (Å²) in [7, 11) is -1.13. The summed E-state index contributed by atoms with van der Waals surface area (Å²) in [4.78, 5) is 14.5. The second-order valence-corrected chi connectivity index (χ2v) is 11.6. The molecule has 0 spiro atoms. The lowest BCUT2D eigenvalue weighted by molar-refractivity contribution is -0.140. The van der Waals surface area contributed by atoms with Crippen molar-refractivity contribution in [3.8, 4) is 5.69 Å². The molecule has 0 N–H and O–H groups in total. The Labute approximate surface area is 226 Å². The van der Waals surface area contributed by atoms with Crippen LogP contribution in [0.1, 0.15) is 23.6 Å². The predicted octanol–water partition coefficient (Wildman–Crippen LogP) is 2.30. The van der Waals surface area contributed by atoms with Gasteiger partial charge in [0.1, 0.15) is 0 Å². The van der Waals surface area contributed by atoms with Crippen LogP contribution in [0.15, 0.2) is 46.6 Å². The van der Waals surface area contributed by atoms with E-state index in [2.05, 4.69) is 15.3 Å². The van der Waals surface area contributed by atoms with Gasteiger partial charge >= 0.3 is 6.18 Å². The van der Waals surface area contributed by atoms with Gasteiger partial charge in [-0.3, -0.25) is 9.69 Å². The highest BCUT2D eigenvalue weighted by Crippen LogP contribution is 2.34. The van der Waals surface area contributed by atoms with E-state index in [1.54, 1.807) is 24.0 Å². The SMILES string of the molecule is Cc1cc2c(cnn2-c2cc(F)c(=O)n(C)c2)cc1C1CN(S(=O)(=O)c2cnn(C)n2)CCN1CCC(F)(F)F. The third-order valence-corrected chi connectivity index (χ3v) is 8.73. The average Bonchev–Trinajstić information content (AvgIpc) is 3.51. The highest BCUT2D eigenvalue weighted by Gasteiger charge is 2.38. The first-order chi connectivity index (χ1) is 18.7. The topological polar surface area (TPSA) is 111 Å². The monoisotopic (exact) mass is 582 g/mol. The van der Waals surface area contributed by atoms with Gasteiger partial charge in [0.25, 0.3) is 15.6 Å². The van der Waals surface area contributed by atoms with Gasteiger partial charge in [0.05, 0.1) is 30.0 Å². The van der Waals surface area contributed by atoms with Gasteiger partial charge < -0.3 is 4.57 Å². The third kappa shape index (κ3) is 5.25. The van der Waals surface area contributed by atoms with E-state index in [0.717, 1.165) is 21.6 Å². The van der Waals surface area contributed by atoms with E-state index in [1.807, 2.05) is 0 Å². The minimum absolute atomic E-state index is 0.00915. The van der Waals surface area contributed by atoms with Crippen molar-refractivity contribution in [1.29, 1.82) is 0 Å². The maximum Gasteiger partial charge on any atom is 0.390 e. The molecule has 1 aliphatic rings. The van der Waals surface area contributed by atoms with Gasteiger partial charge in [-0.2, -0.15) is 32.5 Å². The van der Waals surface area contributed by atoms with E-state index in [4.69, 9.17) is 0 Å². The van der Waals surface area contributed by atoms with Crippen molar-refractivity contribution >= 4 is 20.9 Å². The molecule has 11 nitrogen and oxygen atoms in total. The second-order valence-electron chi connectivity index (χ2n) is 9.74. The summed E-state index contributed by atoms with van der Waals surface area (Å²) >= 11 is 0.